The lowest BCUT2D eigenvalue weighted by atomic mass is 10.1. The maximum Gasteiger partial charge on any atom is 0.136 e. The number of anilines is 2. The van der Waals surface area contributed by atoms with Crippen LogP contribution in [0.1, 0.15) is 51.8 Å². The molecule has 1 unspecified atom stereocenters. The van der Waals surface area contributed by atoms with Crippen molar-refractivity contribution in [2.24, 2.45) is 5.92 Å². The molecule has 0 saturated heterocycles. The molecule has 1 aromatic rings. The summed E-state index contributed by atoms with van der Waals surface area (Å²) in [6.45, 7) is 8.80. The second-order valence-electron chi connectivity index (χ2n) is 5.55. The third-order valence-electron chi connectivity index (χ3n) is 3.86. The fraction of sp³-hybridized carbons (Fsp3) is 0.733. The lowest BCUT2D eigenvalue weighted by Gasteiger charge is -2.25. The third-order valence-corrected chi connectivity index (χ3v) is 3.86. The van der Waals surface area contributed by atoms with E-state index in [9.17, 15) is 0 Å². The molecule has 19 heavy (non-hydrogen) atoms. The number of aromatic nitrogens is 2. The monoisotopic (exact) mass is 262 g/mol. The smallest absolute Gasteiger partial charge is 0.136 e. The quantitative estimate of drug-likeness (QED) is 0.819. The number of rotatable bonds is 7. The molecule has 0 bridgehead atoms. The highest BCUT2D eigenvalue weighted by Gasteiger charge is 2.27. The van der Waals surface area contributed by atoms with Crippen molar-refractivity contribution in [2.45, 2.75) is 46.0 Å². The summed E-state index contributed by atoms with van der Waals surface area (Å²) in [7, 11) is 1.92. The van der Waals surface area contributed by atoms with Gasteiger partial charge >= 0.3 is 0 Å². The van der Waals surface area contributed by atoms with Gasteiger partial charge in [-0.2, -0.15) is 0 Å². The van der Waals surface area contributed by atoms with E-state index < -0.39 is 0 Å². The van der Waals surface area contributed by atoms with Gasteiger partial charge in [-0.25, -0.2) is 9.97 Å². The number of hydrogen-bond donors (Lipinski definition) is 1. The Morgan fingerprint density at radius 2 is 2.11 bits per heavy atom. The number of nitrogens with zero attached hydrogens (tertiary/aromatic N) is 3. The van der Waals surface area contributed by atoms with Crippen LogP contribution < -0.4 is 10.2 Å². The Hall–Kier alpha value is -1.32. The van der Waals surface area contributed by atoms with Gasteiger partial charge in [0, 0.05) is 32.1 Å². The Bertz CT molecular complexity index is 415. The van der Waals surface area contributed by atoms with E-state index in [4.69, 9.17) is 4.98 Å². The summed E-state index contributed by atoms with van der Waals surface area (Å²) >= 11 is 0. The highest BCUT2D eigenvalue weighted by molar-refractivity contribution is 5.49. The van der Waals surface area contributed by atoms with Crippen molar-refractivity contribution in [3.8, 4) is 0 Å². The Balaban J connectivity index is 2.22. The Kier molecular flexibility index (Phi) is 4.61. The van der Waals surface area contributed by atoms with Crippen molar-refractivity contribution >= 4 is 11.6 Å². The lowest BCUT2D eigenvalue weighted by Crippen LogP contribution is -2.29. The van der Waals surface area contributed by atoms with Gasteiger partial charge in [-0.3, -0.25) is 0 Å². The second-order valence-corrected chi connectivity index (χ2v) is 5.55. The van der Waals surface area contributed by atoms with E-state index in [1.807, 2.05) is 7.05 Å². The van der Waals surface area contributed by atoms with Crippen LogP contribution in [0.5, 0.6) is 0 Å². The van der Waals surface area contributed by atoms with Crippen LogP contribution >= 0.6 is 0 Å². The molecule has 1 saturated carbocycles. The van der Waals surface area contributed by atoms with Crippen molar-refractivity contribution in [3.63, 3.8) is 0 Å². The van der Waals surface area contributed by atoms with E-state index >= 15 is 0 Å². The van der Waals surface area contributed by atoms with E-state index in [2.05, 4.69) is 42.0 Å². The molecule has 1 aliphatic rings. The van der Waals surface area contributed by atoms with Gasteiger partial charge < -0.3 is 10.2 Å². The van der Waals surface area contributed by atoms with E-state index in [0.717, 1.165) is 30.5 Å². The minimum Gasteiger partial charge on any atom is -0.373 e. The van der Waals surface area contributed by atoms with E-state index in [1.165, 1.54) is 19.3 Å². The first kappa shape index (κ1) is 14.1. The molecule has 1 atom stereocenters. The average Bonchev–Trinajstić information content (AvgIpc) is 3.28. The molecule has 106 valence electrons. The second kappa shape index (κ2) is 6.22. The van der Waals surface area contributed by atoms with Crippen molar-refractivity contribution in [1.82, 2.24) is 9.97 Å². The van der Waals surface area contributed by atoms with Crippen LogP contribution in [-0.2, 0) is 0 Å². The van der Waals surface area contributed by atoms with Crippen molar-refractivity contribution in [3.05, 3.63) is 11.9 Å². The fourth-order valence-electron chi connectivity index (χ4n) is 2.16. The van der Waals surface area contributed by atoms with E-state index in [-0.39, 0.29) is 0 Å². The molecule has 1 aromatic heterocycles. The first-order chi connectivity index (χ1) is 9.17. The summed E-state index contributed by atoms with van der Waals surface area (Å²) < 4.78 is 0. The number of hydrogen-bond acceptors (Lipinski definition) is 4. The van der Waals surface area contributed by atoms with Gasteiger partial charge in [0.25, 0.3) is 0 Å². The van der Waals surface area contributed by atoms with Crippen LogP contribution in [0.3, 0.4) is 0 Å². The zero-order valence-electron chi connectivity index (χ0n) is 12.6. The minimum absolute atomic E-state index is 0.592. The van der Waals surface area contributed by atoms with Gasteiger partial charge in [-0.15, -0.1) is 0 Å². The Morgan fingerprint density at radius 1 is 1.37 bits per heavy atom. The minimum atomic E-state index is 0.592. The molecular weight excluding hydrogens is 236 g/mol. The van der Waals surface area contributed by atoms with E-state index in [0.29, 0.717) is 11.8 Å². The maximum atomic E-state index is 4.78. The van der Waals surface area contributed by atoms with Gasteiger partial charge in [0.2, 0.25) is 0 Å². The molecule has 1 heterocycles. The molecule has 4 heteroatoms. The topological polar surface area (TPSA) is 41.0 Å². The van der Waals surface area contributed by atoms with Gasteiger partial charge in [-0.1, -0.05) is 20.3 Å². The predicted octanol–water partition coefficient (Wildman–Crippen LogP) is 3.27. The molecule has 2 rings (SSSR count). The number of nitrogens with one attached hydrogen (secondary N) is 1. The van der Waals surface area contributed by atoms with Crippen LogP contribution in [-0.4, -0.2) is 30.1 Å². The zero-order chi connectivity index (χ0) is 13.8. The molecule has 0 aliphatic heterocycles. The summed E-state index contributed by atoms with van der Waals surface area (Å²) in [6.07, 6.45) is 3.68. The zero-order valence-corrected chi connectivity index (χ0v) is 12.6. The third kappa shape index (κ3) is 3.58. The highest BCUT2D eigenvalue weighted by atomic mass is 15.2. The maximum absolute atomic E-state index is 4.78. The summed E-state index contributed by atoms with van der Waals surface area (Å²) in [5, 5.41) is 3.16. The molecular formula is C15H26N4. The molecule has 0 amide bonds. The first-order valence-corrected chi connectivity index (χ1v) is 7.49. The fourth-order valence-corrected chi connectivity index (χ4v) is 2.16. The molecule has 4 nitrogen and oxygen atoms in total. The SMILES string of the molecule is CCC(C)CN(CC)c1cc(NC)nc(C2CC2)n1. The Morgan fingerprint density at radius 3 is 2.63 bits per heavy atom. The van der Waals surface area contributed by atoms with E-state index in [1.54, 1.807) is 0 Å². The summed E-state index contributed by atoms with van der Waals surface area (Å²) in [5.41, 5.74) is 0. The largest absolute Gasteiger partial charge is 0.373 e. The van der Waals surface area contributed by atoms with Crippen LogP contribution in [0.2, 0.25) is 0 Å². The molecule has 0 aromatic carbocycles. The lowest BCUT2D eigenvalue weighted by molar-refractivity contribution is 0.545. The molecule has 1 aliphatic carbocycles. The highest BCUT2D eigenvalue weighted by Crippen LogP contribution is 2.39. The standard InChI is InChI=1S/C15H26N4/c1-5-11(3)10-19(6-2)14-9-13(16-4)17-15(18-14)12-7-8-12/h9,11-12H,5-8,10H2,1-4H3,(H,16,17,18). The summed E-state index contributed by atoms with van der Waals surface area (Å²) in [4.78, 5) is 11.7. The van der Waals surface area contributed by atoms with Crippen LogP contribution in [0, 0.1) is 5.92 Å². The van der Waals surface area contributed by atoms with Gasteiger partial charge in [0.1, 0.15) is 17.5 Å². The van der Waals surface area contributed by atoms with Crippen LogP contribution in [0.25, 0.3) is 0 Å². The average molecular weight is 262 g/mol. The van der Waals surface area contributed by atoms with Crippen LogP contribution in [0.15, 0.2) is 6.07 Å². The van der Waals surface area contributed by atoms with Gasteiger partial charge in [0.15, 0.2) is 0 Å². The first-order valence-electron chi connectivity index (χ1n) is 7.49. The van der Waals surface area contributed by atoms with Gasteiger partial charge in [-0.05, 0) is 25.7 Å². The molecule has 1 N–H and O–H groups in total. The summed E-state index contributed by atoms with van der Waals surface area (Å²) in [5.74, 6) is 4.31. The molecule has 0 spiro atoms. The van der Waals surface area contributed by atoms with Crippen molar-refractivity contribution < 1.29 is 0 Å². The molecule has 1 fully saturated rings. The predicted molar refractivity (Wildman–Crippen MR) is 80.9 cm³/mol. The van der Waals surface area contributed by atoms with Gasteiger partial charge in [0.05, 0.1) is 0 Å². The Labute approximate surface area is 116 Å². The van der Waals surface area contributed by atoms with Crippen LogP contribution in [0.4, 0.5) is 11.6 Å². The summed E-state index contributed by atoms with van der Waals surface area (Å²) in [6, 6.07) is 2.07. The van der Waals surface area contributed by atoms with Crippen molar-refractivity contribution in [1.29, 1.82) is 0 Å². The van der Waals surface area contributed by atoms with Crippen molar-refractivity contribution in [2.75, 3.05) is 30.4 Å². The normalized spacial score (nSPS) is 16.2. The molecule has 0 radical (unpaired) electrons.